The lowest BCUT2D eigenvalue weighted by molar-refractivity contribution is -0.119. The lowest BCUT2D eigenvalue weighted by atomic mass is 9.86. The molecule has 6 heteroatoms. The van der Waals surface area contributed by atoms with Gasteiger partial charge in [0.05, 0.1) is 23.6 Å². The molecule has 0 amide bonds. The van der Waals surface area contributed by atoms with E-state index in [-0.39, 0.29) is 5.78 Å². The summed E-state index contributed by atoms with van der Waals surface area (Å²) in [5.74, 6) is 1.30. The van der Waals surface area contributed by atoms with Crippen LogP contribution in [0.1, 0.15) is 36.2 Å². The van der Waals surface area contributed by atoms with Gasteiger partial charge in [-0.25, -0.2) is 4.68 Å². The van der Waals surface area contributed by atoms with Crippen molar-refractivity contribution in [1.29, 1.82) is 0 Å². The molecule has 0 saturated carbocycles. The highest BCUT2D eigenvalue weighted by atomic mass is 16.1. The van der Waals surface area contributed by atoms with Crippen LogP contribution in [0.25, 0.3) is 16.6 Å². The number of aryl methyl sites for hydroxylation is 2. The normalized spacial score (nSPS) is 18.3. The quantitative estimate of drug-likeness (QED) is 0.353. The number of fused-ring (bicyclic) bond motifs is 1. The monoisotopic (exact) mass is 467 g/mol. The summed E-state index contributed by atoms with van der Waals surface area (Å²) >= 11 is 0. The number of benzene rings is 1. The van der Waals surface area contributed by atoms with Gasteiger partial charge in [-0.3, -0.25) is 14.8 Å². The van der Waals surface area contributed by atoms with Gasteiger partial charge >= 0.3 is 0 Å². The van der Waals surface area contributed by atoms with Gasteiger partial charge in [-0.15, -0.1) is 0 Å². The molecule has 5 rings (SSSR count). The van der Waals surface area contributed by atoms with Gasteiger partial charge in [0.1, 0.15) is 5.78 Å². The molecular weight excluding hydrogens is 434 g/mol. The van der Waals surface area contributed by atoms with E-state index >= 15 is 0 Å². The van der Waals surface area contributed by atoms with Gasteiger partial charge in [0.15, 0.2) is 0 Å². The highest BCUT2D eigenvalue weighted by Gasteiger charge is 2.31. The number of hydrogen-bond donors (Lipinski definition) is 0. The second-order valence-corrected chi connectivity index (χ2v) is 9.99. The standard InChI is InChI=1S/C29H33N5O/c1-21-13-27(11-12-30-21)34-29-18-31-26(14-24(29)17-32-34)16-28(35)15-25-20-33(2)19-23(25)10-6-9-22-7-4-3-5-8-22/h3-5,7-8,11-14,17-18,23,25H,6,9-10,15-16,19-20H2,1-2H3/t23-,25-/m0/s1. The van der Waals surface area contributed by atoms with Gasteiger partial charge in [0, 0.05) is 48.9 Å². The van der Waals surface area contributed by atoms with Crippen molar-refractivity contribution in [1.82, 2.24) is 24.6 Å². The topological polar surface area (TPSA) is 63.9 Å². The maximum absolute atomic E-state index is 13.0. The van der Waals surface area contributed by atoms with Crippen LogP contribution in [0, 0.1) is 18.8 Å². The van der Waals surface area contributed by atoms with E-state index in [1.807, 2.05) is 42.2 Å². The Kier molecular flexibility index (Phi) is 7.00. The zero-order chi connectivity index (χ0) is 24.2. The molecule has 1 fully saturated rings. The largest absolute Gasteiger partial charge is 0.306 e. The number of ketones is 1. The molecule has 0 unspecified atom stereocenters. The average Bonchev–Trinajstić information content (AvgIpc) is 3.42. The summed E-state index contributed by atoms with van der Waals surface area (Å²) in [6.07, 6.45) is 9.93. The smallest absolute Gasteiger partial charge is 0.139 e. The summed E-state index contributed by atoms with van der Waals surface area (Å²) in [6.45, 7) is 4.06. The Bertz CT molecular complexity index is 1300. The van der Waals surface area contributed by atoms with E-state index in [0.717, 1.165) is 47.5 Å². The Hall–Kier alpha value is -3.38. The van der Waals surface area contributed by atoms with Crippen LogP contribution >= 0.6 is 0 Å². The zero-order valence-electron chi connectivity index (χ0n) is 20.6. The van der Waals surface area contributed by atoms with E-state index < -0.39 is 0 Å². The fourth-order valence-corrected chi connectivity index (χ4v) is 5.45. The average molecular weight is 468 g/mol. The molecule has 0 radical (unpaired) electrons. The molecule has 1 aromatic carbocycles. The van der Waals surface area contributed by atoms with Crippen molar-refractivity contribution >= 4 is 16.7 Å². The van der Waals surface area contributed by atoms with E-state index in [1.54, 1.807) is 6.20 Å². The summed E-state index contributed by atoms with van der Waals surface area (Å²) in [5, 5.41) is 5.53. The molecule has 0 aliphatic carbocycles. The molecule has 0 spiro atoms. The van der Waals surface area contributed by atoms with Crippen molar-refractivity contribution in [2.75, 3.05) is 20.1 Å². The molecule has 1 aliphatic heterocycles. The van der Waals surface area contributed by atoms with Crippen LogP contribution in [0.15, 0.2) is 67.1 Å². The van der Waals surface area contributed by atoms with E-state index in [9.17, 15) is 4.79 Å². The molecule has 0 bridgehead atoms. The number of nitrogens with zero attached hydrogens (tertiary/aromatic N) is 5. The van der Waals surface area contributed by atoms with Gasteiger partial charge in [-0.05, 0) is 68.8 Å². The molecule has 4 aromatic rings. The summed E-state index contributed by atoms with van der Waals surface area (Å²) in [4.78, 5) is 24.3. The Morgan fingerprint density at radius 3 is 2.69 bits per heavy atom. The molecule has 0 N–H and O–H groups in total. The van der Waals surface area contributed by atoms with E-state index in [0.29, 0.717) is 24.7 Å². The highest BCUT2D eigenvalue weighted by molar-refractivity contribution is 5.84. The first kappa shape index (κ1) is 23.4. The lowest BCUT2D eigenvalue weighted by Gasteiger charge is -2.17. The fourth-order valence-electron chi connectivity index (χ4n) is 5.45. The number of pyridine rings is 2. The van der Waals surface area contributed by atoms with Gasteiger partial charge in [0.25, 0.3) is 0 Å². The number of carbonyl (C=O) groups excluding carboxylic acids is 1. The summed E-state index contributed by atoms with van der Waals surface area (Å²) < 4.78 is 1.87. The predicted octanol–water partition coefficient (Wildman–Crippen LogP) is 4.83. The number of likely N-dealkylation sites (tertiary alicyclic amines) is 1. The molecule has 180 valence electrons. The summed E-state index contributed by atoms with van der Waals surface area (Å²) in [7, 11) is 2.17. The molecule has 35 heavy (non-hydrogen) atoms. The second-order valence-electron chi connectivity index (χ2n) is 9.99. The maximum Gasteiger partial charge on any atom is 0.139 e. The number of hydrogen-bond acceptors (Lipinski definition) is 5. The number of rotatable bonds is 9. The molecule has 1 saturated heterocycles. The minimum absolute atomic E-state index is 0.280. The second kappa shape index (κ2) is 10.5. The Morgan fingerprint density at radius 2 is 1.86 bits per heavy atom. The van der Waals surface area contributed by atoms with Crippen LogP contribution in [0.5, 0.6) is 0 Å². The summed E-state index contributed by atoms with van der Waals surface area (Å²) in [6, 6.07) is 16.6. The van der Waals surface area contributed by atoms with Crippen LogP contribution in [0.2, 0.25) is 0 Å². The minimum Gasteiger partial charge on any atom is -0.306 e. The van der Waals surface area contributed by atoms with Crippen molar-refractivity contribution in [3.8, 4) is 5.69 Å². The third-order valence-corrected chi connectivity index (χ3v) is 7.15. The molecule has 1 aliphatic rings. The third kappa shape index (κ3) is 5.65. The van der Waals surface area contributed by atoms with Gasteiger partial charge in [-0.2, -0.15) is 5.10 Å². The van der Waals surface area contributed by atoms with Crippen molar-refractivity contribution in [2.24, 2.45) is 11.8 Å². The van der Waals surface area contributed by atoms with Gasteiger partial charge < -0.3 is 4.90 Å². The Morgan fingerprint density at radius 1 is 1.03 bits per heavy atom. The Balaban J connectivity index is 1.20. The van der Waals surface area contributed by atoms with Crippen LogP contribution in [-0.2, 0) is 17.6 Å². The minimum atomic E-state index is 0.280. The van der Waals surface area contributed by atoms with Crippen molar-refractivity contribution in [3.63, 3.8) is 0 Å². The van der Waals surface area contributed by atoms with Gasteiger partial charge in [-0.1, -0.05) is 30.3 Å². The predicted molar refractivity (Wildman–Crippen MR) is 139 cm³/mol. The Labute approximate surface area is 207 Å². The maximum atomic E-state index is 13.0. The van der Waals surface area contributed by atoms with Crippen LogP contribution < -0.4 is 0 Å². The molecule has 2 atom stereocenters. The fraction of sp³-hybridized carbons (Fsp3) is 0.379. The van der Waals surface area contributed by atoms with Gasteiger partial charge in [0.2, 0.25) is 0 Å². The molecule has 4 heterocycles. The highest BCUT2D eigenvalue weighted by Crippen LogP contribution is 2.30. The molecular formula is C29H33N5O. The van der Waals surface area contributed by atoms with Crippen molar-refractivity contribution < 1.29 is 4.79 Å². The molecule has 6 nitrogen and oxygen atoms in total. The SMILES string of the molecule is Cc1cc(-n2ncc3cc(CC(=O)C[C@H]4CN(C)C[C@@H]4CCCc4ccccc4)ncc32)ccn1. The van der Waals surface area contributed by atoms with E-state index in [1.165, 1.54) is 18.4 Å². The first-order valence-electron chi connectivity index (χ1n) is 12.5. The number of carbonyl (C=O) groups is 1. The van der Waals surface area contributed by atoms with E-state index in [2.05, 4.69) is 57.3 Å². The number of aromatic nitrogens is 4. The molecule has 3 aromatic heterocycles. The first-order chi connectivity index (χ1) is 17.0. The van der Waals surface area contributed by atoms with Crippen LogP contribution in [-0.4, -0.2) is 50.6 Å². The van der Waals surface area contributed by atoms with Crippen LogP contribution in [0.4, 0.5) is 0 Å². The van der Waals surface area contributed by atoms with Crippen molar-refractivity contribution in [2.45, 2.75) is 39.0 Å². The van der Waals surface area contributed by atoms with E-state index in [4.69, 9.17) is 0 Å². The van der Waals surface area contributed by atoms with Crippen molar-refractivity contribution in [3.05, 3.63) is 84.1 Å². The van der Waals surface area contributed by atoms with Crippen LogP contribution in [0.3, 0.4) is 0 Å². The number of Topliss-reactive ketones (excluding diaryl/α,β-unsaturated/α-hetero) is 1. The summed E-state index contributed by atoms with van der Waals surface area (Å²) in [5.41, 5.74) is 5.05. The third-order valence-electron chi connectivity index (χ3n) is 7.15. The first-order valence-corrected chi connectivity index (χ1v) is 12.5. The lowest BCUT2D eigenvalue weighted by Crippen LogP contribution is -2.19. The zero-order valence-corrected chi connectivity index (χ0v) is 20.6.